The first kappa shape index (κ1) is 16.1. The number of amides is 1. The van der Waals surface area contributed by atoms with E-state index in [1.807, 2.05) is 35.2 Å². The number of carbonyl (C=O) groups is 2. The van der Waals surface area contributed by atoms with Gasteiger partial charge in [0.1, 0.15) is 12.4 Å². The third kappa shape index (κ3) is 2.91. The van der Waals surface area contributed by atoms with Gasteiger partial charge in [-0.25, -0.2) is 0 Å². The molecule has 0 radical (unpaired) electrons. The Hall–Kier alpha value is -2.34. The molecule has 2 aliphatic rings. The lowest BCUT2D eigenvalue weighted by Gasteiger charge is -2.30. The van der Waals surface area contributed by atoms with Crippen LogP contribution in [0.2, 0.25) is 0 Å². The second-order valence-corrected chi connectivity index (χ2v) is 7.39. The van der Waals surface area contributed by atoms with Crippen molar-refractivity contribution < 1.29 is 19.1 Å². The van der Waals surface area contributed by atoms with E-state index in [-0.39, 0.29) is 17.8 Å². The number of fused-ring (bicyclic) bond motifs is 3. The van der Waals surface area contributed by atoms with E-state index in [2.05, 4.69) is 0 Å². The Morgan fingerprint density at radius 3 is 2.76 bits per heavy atom. The van der Waals surface area contributed by atoms with Gasteiger partial charge in [-0.3, -0.25) is 9.59 Å². The Bertz CT molecular complexity index is 821. The van der Waals surface area contributed by atoms with E-state index >= 15 is 0 Å². The molecule has 1 fully saturated rings. The Kier molecular flexibility index (Phi) is 4.21. The summed E-state index contributed by atoms with van der Waals surface area (Å²) >= 11 is 1.53. The molecule has 1 aromatic heterocycles. The van der Waals surface area contributed by atoms with Crippen molar-refractivity contribution >= 4 is 23.2 Å². The third-order valence-electron chi connectivity index (χ3n) is 4.85. The van der Waals surface area contributed by atoms with E-state index in [9.17, 15) is 9.59 Å². The fraction of sp³-hybridized carbons (Fsp3) is 0.368. The first-order valence-electron chi connectivity index (χ1n) is 8.39. The molecule has 0 aliphatic carbocycles. The standard InChI is InChI=1S/C19H19NO4S/c1-23-19(22)12-6-8-20(9-7-12)18(21)16-10-13-11-24-15-5-3-2-4-14(15)17(13)25-16/h2-5,10,12H,6-9,11H2,1H3. The van der Waals surface area contributed by atoms with Crippen molar-refractivity contribution in [2.24, 2.45) is 5.92 Å². The average Bonchev–Trinajstić information content (AvgIpc) is 3.11. The van der Waals surface area contributed by atoms with Crippen molar-refractivity contribution in [2.75, 3.05) is 20.2 Å². The Morgan fingerprint density at radius 2 is 2.00 bits per heavy atom. The second-order valence-electron chi connectivity index (χ2n) is 6.34. The number of ether oxygens (including phenoxy) is 2. The van der Waals surface area contributed by atoms with Crippen LogP contribution in [-0.2, 0) is 16.1 Å². The predicted molar refractivity (Wildman–Crippen MR) is 94.7 cm³/mol. The van der Waals surface area contributed by atoms with Crippen molar-refractivity contribution in [3.63, 3.8) is 0 Å². The van der Waals surface area contributed by atoms with Crippen LogP contribution in [-0.4, -0.2) is 37.0 Å². The van der Waals surface area contributed by atoms with E-state index in [0.717, 1.165) is 26.6 Å². The van der Waals surface area contributed by atoms with Crippen LogP contribution >= 0.6 is 11.3 Å². The first-order valence-corrected chi connectivity index (χ1v) is 9.21. The molecule has 1 aromatic carbocycles. The van der Waals surface area contributed by atoms with Crippen molar-refractivity contribution in [2.45, 2.75) is 19.4 Å². The summed E-state index contributed by atoms with van der Waals surface area (Å²) in [6.45, 7) is 1.68. The van der Waals surface area contributed by atoms with Crippen LogP contribution in [0.25, 0.3) is 10.4 Å². The van der Waals surface area contributed by atoms with Gasteiger partial charge in [0.2, 0.25) is 0 Å². The molecule has 6 heteroatoms. The number of rotatable bonds is 2. The molecule has 2 aliphatic heterocycles. The van der Waals surface area contributed by atoms with Crippen LogP contribution in [0.15, 0.2) is 30.3 Å². The van der Waals surface area contributed by atoms with E-state index in [0.29, 0.717) is 32.5 Å². The quantitative estimate of drug-likeness (QED) is 0.774. The van der Waals surface area contributed by atoms with E-state index < -0.39 is 0 Å². The van der Waals surface area contributed by atoms with Crippen molar-refractivity contribution in [1.82, 2.24) is 4.90 Å². The van der Waals surface area contributed by atoms with Crippen molar-refractivity contribution in [3.8, 4) is 16.2 Å². The molecule has 0 saturated carbocycles. The van der Waals surface area contributed by atoms with E-state index in [4.69, 9.17) is 9.47 Å². The average molecular weight is 357 g/mol. The van der Waals surface area contributed by atoms with Crippen molar-refractivity contribution in [3.05, 3.63) is 40.8 Å². The normalized spacial score (nSPS) is 16.6. The summed E-state index contributed by atoms with van der Waals surface area (Å²) in [5.41, 5.74) is 2.12. The number of carbonyl (C=O) groups excluding carboxylic acids is 2. The van der Waals surface area contributed by atoms with Crippen LogP contribution in [0.3, 0.4) is 0 Å². The smallest absolute Gasteiger partial charge is 0.308 e. The van der Waals surface area contributed by atoms with Gasteiger partial charge < -0.3 is 14.4 Å². The second kappa shape index (κ2) is 6.52. The number of para-hydroxylation sites is 1. The van der Waals surface area contributed by atoms with Gasteiger partial charge in [-0.05, 0) is 31.0 Å². The summed E-state index contributed by atoms with van der Waals surface area (Å²) in [6.07, 6.45) is 1.32. The molecule has 0 bridgehead atoms. The molecular weight excluding hydrogens is 338 g/mol. The number of hydrogen-bond donors (Lipinski definition) is 0. The van der Waals surface area contributed by atoms with Gasteiger partial charge in [0.25, 0.3) is 5.91 Å². The lowest BCUT2D eigenvalue weighted by Crippen LogP contribution is -2.40. The minimum Gasteiger partial charge on any atom is -0.488 e. The summed E-state index contributed by atoms with van der Waals surface area (Å²) in [5, 5.41) is 0. The number of benzene rings is 1. The number of nitrogens with zero attached hydrogens (tertiary/aromatic N) is 1. The van der Waals surface area contributed by atoms with Crippen LogP contribution in [0.1, 0.15) is 28.1 Å². The highest BCUT2D eigenvalue weighted by Crippen LogP contribution is 2.42. The summed E-state index contributed by atoms with van der Waals surface area (Å²) in [5.74, 6) is 0.647. The first-order chi connectivity index (χ1) is 12.2. The zero-order valence-corrected chi connectivity index (χ0v) is 14.8. The van der Waals surface area contributed by atoms with Crippen LogP contribution < -0.4 is 4.74 Å². The molecule has 5 nitrogen and oxygen atoms in total. The van der Waals surface area contributed by atoms with E-state index in [1.54, 1.807) is 0 Å². The fourth-order valence-corrected chi connectivity index (χ4v) is 4.61. The van der Waals surface area contributed by atoms with Gasteiger partial charge in [-0.15, -0.1) is 11.3 Å². The molecule has 0 unspecified atom stereocenters. The highest BCUT2D eigenvalue weighted by atomic mass is 32.1. The number of likely N-dealkylation sites (tertiary alicyclic amines) is 1. The summed E-state index contributed by atoms with van der Waals surface area (Å²) in [4.78, 5) is 28.2. The summed E-state index contributed by atoms with van der Waals surface area (Å²) in [6, 6.07) is 9.87. The lowest BCUT2D eigenvalue weighted by atomic mass is 9.97. The van der Waals surface area contributed by atoms with Gasteiger partial charge in [-0.2, -0.15) is 0 Å². The molecule has 1 saturated heterocycles. The zero-order chi connectivity index (χ0) is 17.4. The Labute approximate surface area is 150 Å². The number of hydrogen-bond acceptors (Lipinski definition) is 5. The van der Waals surface area contributed by atoms with Gasteiger partial charge in [0.15, 0.2) is 0 Å². The lowest BCUT2D eigenvalue weighted by molar-refractivity contribution is -0.146. The third-order valence-corrected chi connectivity index (χ3v) is 6.05. The molecule has 2 aromatic rings. The van der Waals surface area contributed by atoms with Gasteiger partial charge in [-0.1, -0.05) is 12.1 Å². The van der Waals surface area contributed by atoms with Gasteiger partial charge in [0, 0.05) is 29.1 Å². The number of piperidine rings is 1. The molecule has 25 heavy (non-hydrogen) atoms. The fourth-order valence-electron chi connectivity index (χ4n) is 3.45. The van der Waals surface area contributed by atoms with Gasteiger partial charge >= 0.3 is 5.97 Å². The van der Waals surface area contributed by atoms with Crippen LogP contribution in [0.5, 0.6) is 5.75 Å². The molecule has 0 atom stereocenters. The molecular formula is C19H19NO4S. The van der Waals surface area contributed by atoms with Crippen LogP contribution in [0, 0.1) is 5.92 Å². The number of esters is 1. The maximum Gasteiger partial charge on any atom is 0.308 e. The minimum absolute atomic E-state index is 0.0418. The number of methoxy groups -OCH3 is 1. The predicted octanol–water partition coefficient (Wildman–Crippen LogP) is 3.33. The van der Waals surface area contributed by atoms with Gasteiger partial charge in [0.05, 0.1) is 17.9 Å². The zero-order valence-electron chi connectivity index (χ0n) is 14.0. The SMILES string of the molecule is COC(=O)C1CCN(C(=O)c2cc3c(s2)-c2ccccc2OC3)CC1. The highest BCUT2D eigenvalue weighted by Gasteiger charge is 2.30. The summed E-state index contributed by atoms with van der Waals surface area (Å²) < 4.78 is 10.6. The van der Waals surface area contributed by atoms with Crippen LogP contribution in [0.4, 0.5) is 0 Å². The topological polar surface area (TPSA) is 55.8 Å². The molecule has 0 spiro atoms. The molecule has 4 rings (SSSR count). The minimum atomic E-state index is -0.174. The monoisotopic (exact) mass is 357 g/mol. The molecule has 1 amide bonds. The molecule has 3 heterocycles. The Morgan fingerprint density at radius 1 is 1.24 bits per heavy atom. The molecule has 130 valence electrons. The Balaban J connectivity index is 1.52. The maximum atomic E-state index is 12.9. The largest absolute Gasteiger partial charge is 0.488 e. The molecule has 0 N–H and O–H groups in total. The highest BCUT2D eigenvalue weighted by molar-refractivity contribution is 7.17. The van der Waals surface area contributed by atoms with E-state index in [1.165, 1.54) is 18.4 Å². The maximum absolute atomic E-state index is 12.9. The van der Waals surface area contributed by atoms with Crippen molar-refractivity contribution in [1.29, 1.82) is 0 Å². The summed E-state index contributed by atoms with van der Waals surface area (Å²) in [7, 11) is 1.41. The number of thiophene rings is 1.